The maximum atomic E-state index is 12.9. The van der Waals surface area contributed by atoms with Crippen molar-refractivity contribution in [3.05, 3.63) is 89.7 Å². The van der Waals surface area contributed by atoms with Gasteiger partial charge >= 0.3 is 0 Å². The van der Waals surface area contributed by atoms with E-state index in [9.17, 15) is 9.18 Å². The van der Waals surface area contributed by atoms with Crippen LogP contribution in [0, 0.1) is 5.82 Å². The fourth-order valence-corrected chi connectivity index (χ4v) is 3.90. The van der Waals surface area contributed by atoms with Crippen molar-refractivity contribution in [2.75, 3.05) is 0 Å². The summed E-state index contributed by atoms with van der Waals surface area (Å²) in [5, 5.41) is 6.79. The number of benzene rings is 3. The van der Waals surface area contributed by atoms with Gasteiger partial charge in [-0.15, -0.1) is 11.3 Å². The average Bonchev–Trinajstić information content (AvgIpc) is 3.17. The number of rotatable bonds is 4. The lowest BCUT2D eigenvalue weighted by Gasteiger charge is -2.10. The fraction of sp³-hybridized carbons (Fsp3) is 0.0455. The average molecular weight is 422 g/mol. The lowest BCUT2D eigenvalue weighted by atomic mass is 10.1. The third kappa shape index (κ3) is 4.64. The van der Waals surface area contributed by atoms with Gasteiger partial charge in [-0.25, -0.2) is 9.37 Å². The van der Waals surface area contributed by atoms with Gasteiger partial charge in [0.2, 0.25) is 0 Å². The Balaban J connectivity index is 1.34. The van der Waals surface area contributed by atoms with Crippen molar-refractivity contribution in [1.29, 1.82) is 0 Å². The molecular weight excluding hydrogens is 405 g/mol. The van der Waals surface area contributed by atoms with Gasteiger partial charge in [0, 0.05) is 17.7 Å². The second-order valence-electron chi connectivity index (χ2n) is 6.33. The van der Waals surface area contributed by atoms with E-state index < -0.39 is 5.82 Å². The molecule has 4 rings (SSSR count). The Morgan fingerprint density at radius 3 is 2.45 bits per heavy atom. The number of halogens is 1. The number of thiazole rings is 1. The zero-order valence-electron chi connectivity index (χ0n) is 15.2. The minimum atomic E-state index is -0.392. The summed E-state index contributed by atoms with van der Waals surface area (Å²) in [4.78, 5) is 16.8. The summed E-state index contributed by atoms with van der Waals surface area (Å²) in [5.74, 6) is -0.773. The van der Waals surface area contributed by atoms with Crippen LogP contribution in [-0.4, -0.2) is 16.0 Å². The molecule has 144 valence electrons. The SMILES string of the molecule is O=C(NC(=S)NCc1ccc(-c2nc3ccccc3s2)cc1)c1ccc(F)cc1. The molecule has 0 saturated heterocycles. The number of nitrogens with zero attached hydrogens (tertiary/aromatic N) is 1. The Labute approximate surface area is 176 Å². The van der Waals surface area contributed by atoms with Crippen LogP contribution in [0.25, 0.3) is 20.8 Å². The summed E-state index contributed by atoms with van der Waals surface area (Å²) in [5.41, 5.74) is 3.42. The van der Waals surface area contributed by atoms with Crippen LogP contribution in [0.3, 0.4) is 0 Å². The summed E-state index contributed by atoms with van der Waals surface area (Å²) < 4.78 is 14.1. The standard InChI is InChI=1S/C22H16FN3OS2/c23-17-11-9-15(10-12-17)20(27)26-22(28)24-13-14-5-7-16(8-6-14)21-25-18-3-1-2-4-19(18)29-21/h1-12H,13H2,(H2,24,26,27,28). The van der Waals surface area contributed by atoms with Crippen LogP contribution in [0.15, 0.2) is 72.8 Å². The number of fused-ring (bicyclic) bond motifs is 1. The van der Waals surface area contributed by atoms with Gasteiger partial charge in [0.1, 0.15) is 10.8 Å². The van der Waals surface area contributed by atoms with Crippen LogP contribution in [0.5, 0.6) is 0 Å². The first kappa shape index (κ1) is 19.2. The van der Waals surface area contributed by atoms with Crippen LogP contribution < -0.4 is 10.6 Å². The maximum absolute atomic E-state index is 12.9. The lowest BCUT2D eigenvalue weighted by Crippen LogP contribution is -2.38. The van der Waals surface area contributed by atoms with Gasteiger partial charge in [-0.1, -0.05) is 36.4 Å². The summed E-state index contributed by atoms with van der Waals surface area (Å²) in [7, 11) is 0. The molecule has 7 heteroatoms. The Morgan fingerprint density at radius 2 is 1.72 bits per heavy atom. The Hall–Kier alpha value is -3.16. The van der Waals surface area contributed by atoms with Crippen LogP contribution in [0.2, 0.25) is 0 Å². The van der Waals surface area contributed by atoms with Gasteiger partial charge in [-0.3, -0.25) is 10.1 Å². The number of hydrogen-bond donors (Lipinski definition) is 2. The van der Waals surface area contributed by atoms with Crippen LogP contribution >= 0.6 is 23.6 Å². The van der Waals surface area contributed by atoms with E-state index in [2.05, 4.69) is 21.7 Å². The fourth-order valence-electron chi connectivity index (χ4n) is 2.76. The normalized spacial score (nSPS) is 10.7. The van der Waals surface area contributed by atoms with E-state index in [1.54, 1.807) is 11.3 Å². The molecule has 29 heavy (non-hydrogen) atoms. The largest absolute Gasteiger partial charge is 0.358 e. The van der Waals surface area contributed by atoms with Crippen LogP contribution in [-0.2, 0) is 6.54 Å². The summed E-state index contributed by atoms with van der Waals surface area (Å²) in [6, 6.07) is 21.4. The summed E-state index contributed by atoms with van der Waals surface area (Å²) in [6.07, 6.45) is 0. The molecule has 0 spiro atoms. The molecule has 0 atom stereocenters. The Kier molecular flexibility index (Phi) is 5.59. The molecule has 0 aliphatic rings. The van der Waals surface area contributed by atoms with E-state index in [4.69, 9.17) is 12.2 Å². The molecular formula is C22H16FN3OS2. The van der Waals surface area contributed by atoms with E-state index >= 15 is 0 Å². The molecule has 0 fully saturated rings. The molecule has 0 unspecified atom stereocenters. The predicted molar refractivity (Wildman–Crippen MR) is 118 cm³/mol. The number of hydrogen-bond acceptors (Lipinski definition) is 4. The van der Waals surface area contributed by atoms with Gasteiger partial charge in [0.05, 0.1) is 10.2 Å². The van der Waals surface area contributed by atoms with Crippen molar-refractivity contribution in [3.63, 3.8) is 0 Å². The van der Waals surface area contributed by atoms with Crippen LogP contribution in [0.1, 0.15) is 15.9 Å². The molecule has 1 aromatic heterocycles. The first-order valence-corrected chi connectivity index (χ1v) is 10.1. The highest BCUT2D eigenvalue weighted by atomic mass is 32.1. The molecule has 1 heterocycles. The van der Waals surface area contributed by atoms with E-state index in [0.717, 1.165) is 26.4 Å². The number of amides is 1. The molecule has 0 bridgehead atoms. The quantitative estimate of drug-likeness (QED) is 0.460. The molecule has 4 aromatic rings. The first-order valence-electron chi connectivity index (χ1n) is 8.88. The lowest BCUT2D eigenvalue weighted by molar-refractivity contribution is 0.0976. The van der Waals surface area contributed by atoms with Gasteiger partial charge in [-0.2, -0.15) is 0 Å². The highest BCUT2D eigenvalue weighted by Crippen LogP contribution is 2.29. The smallest absolute Gasteiger partial charge is 0.257 e. The van der Waals surface area contributed by atoms with E-state index in [1.807, 2.05) is 42.5 Å². The van der Waals surface area contributed by atoms with Crippen molar-refractivity contribution in [2.24, 2.45) is 0 Å². The highest BCUT2D eigenvalue weighted by molar-refractivity contribution is 7.80. The van der Waals surface area contributed by atoms with E-state index in [1.165, 1.54) is 24.3 Å². The van der Waals surface area contributed by atoms with Gasteiger partial charge in [0.15, 0.2) is 5.11 Å². The van der Waals surface area contributed by atoms with Crippen molar-refractivity contribution < 1.29 is 9.18 Å². The van der Waals surface area contributed by atoms with Crippen molar-refractivity contribution in [1.82, 2.24) is 15.6 Å². The zero-order chi connectivity index (χ0) is 20.2. The monoisotopic (exact) mass is 421 g/mol. The highest BCUT2D eigenvalue weighted by Gasteiger charge is 2.08. The first-order chi connectivity index (χ1) is 14.1. The number of aromatic nitrogens is 1. The van der Waals surface area contributed by atoms with Gasteiger partial charge < -0.3 is 5.32 Å². The molecule has 2 N–H and O–H groups in total. The number of thiocarbonyl (C=S) groups is 1. The number of nitrogens with one attached hydrogen (secondary N) is 2. The maximum Gasteiger partial charge on any atom is 0.257 e. The molecule has 0 saturated carbocycles. The summed E-state index contributed by atoms with van der Waals surface area (Å²) in [6.45, 7) is 0.475. The second kappa shape index (κ2) is 8.46. The molecule has 0 radical (unpaired) electrons. The van der Waals surface area contributed by atoms with Crippen LogP contribution in [0.4, 0.5) is 4.39 Å². The van der Waals surface area contributed by atoms with E-state index in [0.29, 0.717) is 12.1 Å². The Morgan fingerprint density at radius 1 is 1.00 bits per heavy atom. The van der Waals surface area contributed by atoms with Crippen molar-refractivity contribution in [2.45, 2.75) is 6.54 Å². The second-order valence-corrected chi connectivity index (χ2v) is 7.77. The molecule has 0 aliphatic carbocycles. The third-order valence-corrected chi connectivity index (χ3v) is 5.61. The Bertz CT molecular complexity index is 1140. The van der Waals surface area contributed by atoms with Crippen molar-refractivity contribution >= 4 is 44.8 Å². The molecule has 3 aromatic carbocycles. The van der Waals surface area contributed by atoms with Gasteiger partial charge in [0.25, 0.3) is 5.91 Å². The minimum absolute atomic E-state index is 0.217. The molecule has 0 aliphatic heterocycles. The number of carbonyl (C=O) groups is 1. The topological polar surface area (TPSA) is 54.0 Å². The molecule has 1 amide bonds. The van der Waals surface area contributed by atoms with E-state index in [-0.39, 0.29) is 11.0 Å². The number of carbonyl (C=O) groups excluding carboxylic acids is 1. The predicted octanol–water partition coefficient (Wildman–Crippen LogP) is 4.91. The van der Waals surface area contributed by atoms with Crippen molar-refractivity contribution in [3.8, 4) is 10.6 Å². The third-order valence-electron chi connectivity index (χ3n) is 4.28. The van der Waals surface area contributed by atoms with Gasteiger partial charge in [-0.05, 0) is 54.2 Å². The zero-order valence-corrected chi connectivity index (χ0v) is 16.8. The molecule has 4 nitrogen and oxygen atoms in total. The number of para-hydroxylation sites is 1. The minimum Gasteiger partial charge on any atom is -0.358 e. The summed E-state index contributed by atoms with van der Waals surface area (Å²) >= 11 is 6.83.